The number of nitro benzene ring substituents is 1. The maximum atomic E-state index is 10.8. The molecule has 0 aliphatic carbocycles. The molecule has 0 aliphatic heterocycles. The van der Waals surface area contributed by atoms with E-state index in [-0.39, 0.29) is 11.4 Å². The van der Waals surface area contributed by atoms with Crippen LogP contribution in [0.3, 0.4) is 0 Å². The van der Waals surface area contributed by atoms with Gasteiger partial charge in [0.25, 0.3) is 0 Å². The molecular formula is C11H11N3O3S. The number of nitro groups is 1. The Bertz CT molecular complexity index is 583. The molecule has 18 heavy (non-hydrogen) atoms. The third kappa shape index (κ3) is 2.31. The van der Waals surface area contributed by atoms with Gasteiger partial charge in [0.1, 0.15) is 5.01 Å². The Hall–Kier alpha value is -1.99. The number of thiazole rings is 1. The molecule has 0 unspecified atom stereocenters. The second-order valence-electron chi connectivity index (χ2n) is 3.49. The molecule has 2 N–H and O–H groups in total. The minimum Gasteiger partial charge on any atom is -0.490 e. The monoisotopic (exact) mass is 265 g/mol. The molecule has 0 atom stereocenters. The van der Waals surface area contributed by atoms with E-state index in [0.717, 1.165) is 16.3 Å². The molecule has 0 saturated carbocycles. The molecule has 0 radical (unpaired) electrons. The van der Waals surface area contributed by atoms with E-state index in [9.17, 15) is 10.1 Å². The molecule has 94 valence electrons. The summed E-state index contributed by atoms with van der Waals surface area (Å²) in [4.78, 5) is 14.6. The molecule has 0 bridgehead atoms. The molecule has 2 rings (SSSR count). The van der Waals surface area contributed by atoms with Crippen molar-refractivity contribution in [1.82, 2.24) is 4.98 Å². The molecule has 2 aromatic rings. The summed E-state index contributed by atoms with van der Waals surface area (Å²) in [6, 6.07) is 4.68. The molecule has 0 amide bonds. The molecule has 0 saturated heterocycles. The summed E-state index contributed by atoms with van der Waals surface area (Å²) in [5.41, 5.74) is 7.01. The highest BCUT2D eigenvalue weighted by Gasteiger charge is 2.16. The lowest BCUT2D eigenvalue weighted by molar-refractivity contribution is -0.385. The number of methoxy groups -OCH3 is 1. The smallest absolute Gasteiger partial charge is 0.310 e. The largest absolute Gasteiger partial charge is 0.490 e. The highest BCUT2D eigenvalue weighted by molar-refractivity contribution is 7.13. The summed E-state index contributed by atoms with van der Waals surface area (Å²) in [6.07, 6.45) is 0. The first-order chi connectivity index (χ1) is 8.65. The van der Waals surface area contributed by atoms with Crippen molar-refractivity contribution < 1.29 is 9.66 Å². The number of ether oxygens (including phenoxy) is 1. The number of hydrogen-bond acceptors (Lipinski definition) is 6. The van der Waals surface area contributed by atoms with Crippen molar-refractivity contribution in [2.45, 2.75) is 6.54 Å². The van der Waals surface area contributed by atoms with Gasteiger partial charge >= 0.3 is 5.69 Å². The van der Waals surface area contributed by atoms with Crippen molar-refractivity contribution in [2.75, 3.05) is 7.11 Å². The lowest BCUT2D eigenvalue weighted by atomic mass is 10.2. The summed E-state index contributed by atoms with van der Waals surface area (Å²) < 4.78 is 5.01. The predicted octanol–water partition coefficient (Wildman–Crippen LogP) is 2.19. The number of aromatic nitrogens is 1. The van der Waals surface area contributed by atoms with Crippen LogP contribution in [-0.2, 0) is 6.54 Å². The summed E-state index contributed by atoms with van der Waals surface area (Å²) in [6.45, 7) is 0.376. The molecule has 7 heteroatoms. The third-order valence-electron chi connectivity index (χ3n) is 2.38. The first-order valence-corrected chi connectivity index (χ1v) is 6.01. The molecule has 1 aromatic heterocycles. The fourth-order valence-electron chi connectivity index (χ4n) is 1.49. The molecular weight excluding hydrogens is 254 g/mol. The Morgan fingerprint density at radius 2 is 2.33 bits per heavy atom. The van der Waals surface area contributed by atoms with Gasteiger partial charge in [0.15, 0.2) is 5.75 Å². The van der Waals surface area contributed by atoms with Gasteiger partial charge in [-0.2, -0.15) is 0 Å². The van der Waals surface area contributed by atoms with Gasteiger partial charge in [-0.3, -0.25) is 10.1 Å². The van der Waals surface area contributed by atoms with Gasteiger partial charge in [0.05, 0.1) is 17.7 Å². The van der Waals surface area contributed by atoms with Gasteiger partial charge in [0.2, 0.25) is 0 Å². The molecule has 1 heterocycles. The van der Waals surface area contributed by atoms with E-state index >= 15 is 0 Å². The van der Waals surface area contributed by atoms with E-state index in [1.54, 1.807) is 12.1 Å². The standard InChI is InChI=1S/C11H11N3O3S/c1-17-10-4-7(2-3-9(10)14(15)16)11-13-8(5-12)6-18-11/h2-4,6H,5,12H2,1H3. The van der Waals surface area contributed by atoms with Crippen LogP contribution in [0.5, 0.6) is 5.75 Å². The Morgan fingerprint density at radius 1 is 1.56 bits per heavy atom. The second kappa shape index (κ2) is 5.11. The third-order valence-corrected chi connectivity index (χ3v) is 3.32. The fraction of sp³-hybridized carbons (Fsp3) is 0.182. The average Bonchev–Trinajstić information content (AvgIpc) is 2.86. The van der Waals surface area contributed by atoms with Crippen LogP contribution < -0.4 is 10.5 Å². The topological polar surface area (TPSA) is 91.3 Å². The van der Waals surface area contributed by atoms with E-state index in [1.165, 1.54) is 24.5 Å². The maximum absolute atomic E-state index is 10.8. The maximum Gasteiger partial charge on any atom is 0.310 e. The quantitative estimate of drug-likeness (QED) is 0.675. The Labute approximate surface area is 107 Å². The van der Waals surface area contributed by atoms with Crippen LogP contribution in [0.1, 0.15) is 5.69 Å². The highest BCUT2D eigenvalue weighted by atomic mass is 32.1. The molecule has 0 fully saturated rings. The van der Waals surface area contributed by atoms with Crippen LogP contribution >= 0.6 is 11.3 Å². The van der Waals surface area contributed by atoms with E-state index < -0.39 is 4.92 Å². The van der Waals surface area contributed by atoms with Crippen LogP contribution in [0.2, 0.25) is 0 Å². The molecule has 6 nitrogen and oxygen atoms in total. The lowest BCUT2D eigenvalue weighted by Crippen LogP contribution is -1.96. The average molecular weight is 265 g/mol. The van der Waals surface area contributed by atoms with Gasteiger partial charge < -0.3 is 10.5 Å². The number of hydrogen-bond donors (Lipinski definition) is 1. The van der Waals surface area contributed by atoms with Gasteiger partial charge in [-0.15, -0.1) is 11.3 Å². The number of nitrogens with two attached hydrogens (primary N) is 1. The van der Waals surface area contributed by atoms with Crippen molar-refractivity contribution in [1.29, 1.82) is 0 Å². The molecule has 0 spiro atoms. The van der Waals surface area contributed by atoms with Crippen molar-refractivity contribution in [3.05, 3.63) is 39.4 Å². The lowest BCUT2D eigenvalue weighted by Gasteiger charge is -2.03. The first-order valence-electron chi connectivity index (χ1n) is 5.13. The first kappa shape index (κ1) is 12.5. The molecule has 0 aliphatic rings. The summed E-state index contributed by atoms with van der Waals surface area (Å²) in [7, 11) is 1.40. The van der Waals surface area contributed by atoms with E-state index in [0.29, 0.717) is 6.54 Å². The highest BCUT2D eigenvalue weighted by Crippen LogP contribution is 2.33. The zero-order valence-corrected chi connectivity index (χ0v) is 10.4. The molecule has 1 aromatic carbocycles. The van der Waals surface area contributed by atoms with E-state index in [2.05, 4.69) is 4.98 Å². The predicted molar refractivity (Wildman–Crippen MR) is 68.6 cm³/mol. The normalized spacial score (nSPS) is 10.3. The van der Waals surface area contributed by atoms with Crippen LogP contribution in [0.25, 0.3) is 10.6 Å². The van der Waals surface area contributed by atoms with Crippen LogP contribution in [0.15, 0.2) is 23.6 Å². The van der Waals surface area contributed by atoms with Crippen molar-refractivity contribution in [3.8, 4) is 16.3 Å². The minimum atomic E-state index is -0.476. The fourth-order valence-corrected chi connectivity index (χ4v) is 2.32. The minimum absolute atomic E-state index is 0.0585. The Balaban J connectivity index is 2.43. The van der Waals surface area contributed by atoms with Gasteiger partial charge in [0, 0.05) is 23.6 Å². The van der Waals surface area contributed by atoms with Crippen molar-refractivity contribution >= 4 is 17.0 Å². The van der Waals surface area contributed by atoms with Crippen LogP contribution in [0.4, 0.5) is 5.69 Å². The second-order valence-corrected chi connectivity index (χ2v) is 4.35. The number of benzene rings is 1. The van der Waals surface area contributed by atoms with Gasteiger partial charge in [-0.25, -0.2) is 4.98 Å². The van der Waals surface area contributed by atoms with E-state index in [1.807, 2.05) is 5.38 Å². The van der Waals surface area contributed by atoms with Crippen LogP contribution in [0, 0.1) is 10.1 Å². The zero-order chi connectivity index (χ0) is 13.1. The number of nitrogens with zero attached hydrogens (tertiary/aromatic N) is 2. The van der Waals surface area contributed by atoms with Crippen LogP contribution in [-0.4, -0.2) is 17.0 Å². The summed E-state index contributed by atoms with van der Waals surface area (Å²) >= 11 is 1.44. The zero-order valence-electron chi connectivity index (χ0n) is 9.62. The van der Waals surface area contributed by atoms with Gasteiger partial charge in [-0.1, -0.05) is 0 Å². The van der Waals surface area contributed by atoms with Gasteiger partial charge in [-0.05, 0) is 12.1 Å². The summed E-state index contributed by atoms with van der Waals surface area (Å²) in [5.74, 6) is 0.224. The Morgan fingerprint density at radius 3 is 2.89 bits per heavy atom. The van der Waals surface area contributed by atoms with Crippen molar-refractivity contribution in [2.24, 2.45) is 5.73 Å². The number of rotatable bonds is 4. The van der Waals surface area contributed by atoms with E-state index in [4.69, 9.17) is 10.5 Å². The SMILES string of the molecule is COc1cc(-c2nc(CN)cs2)ccc1[N+](=O)[O-]. The Kier molecular flexibility index (Phi) is 3.54. The van der Waals surface area contributed by atoms with Crippen molar-refractivity contribution in [3.63, 3.8) is 0 Å². The summed E-state index contributed by atoms with van der Waals surface area (Å²) in [5, 5.41) is 13.4.